The Morgan fingerprint density at radius 3 is 2.24 bits per heavy atom. The summed E-state index contributed by atoms with van der Waals surface area (Å²) in [5, 5.41) is 0. The third-order valence-corrected chi connectivity index (χ3v) is 5.90. The molecular formula is C22H23FN6. The van der Waals surface area contributed by atoms with Gasteiger partial charge in [0.25, 0.3) is 0 Å². The maximum Gasteiger partial charge on any atom is 0.197 e. The first-order valence-corrected chi connectivity index (χ1v) is 10.0. The van der Waals surface area contributed by atoms with Gasteiger partial charge < -0.3 is 9.80 Å². The number of halogens is 1. The largest absolute Gasteiger partial charge is 0.367 e. The minimum absolute atomic E-state index is 0.133. The Hall–Kier alpha value is -2.93. The van der Waals surface area contributed by atoms with E-state index in [2.05, 4.69) is 36.8 Å². The monoisotopic (exact) mass is 390 g/mol. The molecule has 2 aromatic heterocycles. The van der Waals surface area contributed by atoms with Crippen molar-refractivity contribution in [3.05, 3.63) is 66.0 Å². The summed E-state index contributed by atoms with van der Waals surface area (Å²) in [4.78, 5) is 21.7. The minimum Gasteiger partial charge on any atom is -0.367 e. The van der Waals surface area contributed by atoms with Crippen LogP contribution in [0, 0.1) is 5.82 Å². The highest BCUT2D eigenvalue weighted by Crippen LogP contribution is 2.54. The molecule has 0 amide bonds. The number of nitrogens with zero attached hydrogens (tertiary/aromatic N) is 6. The summed E-state index contributed by atoms with van der Waals surface area (Å²) in [6.45, 7) is 3.65. The van der Waals surface area contributed by atoms with Gasteiger partial charge in [-0.2, -0.15) is 0 Å². The van der Waals surface area contributed by atoms with E-state index >= 15 is 0 Å². The van der Waals surface area contributed by atoms with Crippen LogP contribution in [-0.4, -0.2) is 58.1 Å². The van der Waals surface area contributed by atoms with Gasteiger partial charge in [0.15, 0.2) is 11.6 Å². The number of benzene rings is 1. The first-order valence-electron chi connectivity index (χ1n) is 10.0. The van der Waals surface area contributed by atoms with Gasteiger partial charge in [-0.15, -0.1) is 0 Å². The molecule has 2 unspecified atom stereocenters. The molecule has 3 aromatic rings. The highest BCUT2D eigenvalue weighted by molar-refractivity contribution is 5.53. The fourth-order valence-corrected chi connectivity index (χ4v) is 4.04. The second-order valence-electron chi connectivity index (χ2n) is 7.86. The third-order valence-electron chi connectivity index (χ3n) is 5.90. The summed E-state index contributed by atoms with van der Waals surface area (Å²) in [5.74, 6) is 1.70. The van der Waals surface area contributed by atoms with Crippen LogP contribution in [0.5, 0.6) is 0 Å². The molecule has 1 aromatic carbocycles. The van der Waals surface area contributed by atoms with Crippen LogP contribution < -0.4 is 4.90 Å². The number of piperazine rings is 1. The van der Waals surface area contributed by atoms with E-state index in [1.54, 1.807) is 24.5 Å². The van der Waals surface area contributed by atoms with Gasteiger partial charge in [0.05, 0.1) is 5.69 Å². The van der Waals surface area contributed by atoms with E-state index in [4.69, 9.17) is 0 Å². The first-order chi connectivity index (χ1) is 14.2. The lowest BCUT2D eigenvalue weighted by atomic mass is 10.0. The van der Waals surface area contributed by atoms with Crippen molar-refractivity contribution in [3.8, 4) is 11.6 Å². The molecule has 7 heteroatoms. The molecule has 6 nitrogen and oxygen atoms in total. The third kappa shape index (κ3) is 3.70. The zero-order valence-corrected chi connectivity index (χ0v) is 16.4. The summed E-state index contributed by atoms with van der Waals surface area (Å²) in [5.41, 5.74) is 3.04. The molecule has 0 radical (unpaired) electrons. The van der Waals surface area contributed by atoms with Gasteiger partial charge in [0.2, 0.25) is 0 Å². The number of hydrogen-bond donors (Lipinski definition) is 0. The predicted molar refractivity (Wildman–Crippen MR) is 109 cm³/mol. The molecule has 3 heterocycles. The van der Waals surface area contributed by atoms with E-state index in [1.165, 1.54) is 5.56 Å². The fraction of sp³-hybridized carbons (Fsp3) is 0.364. The van der Waals surface area contributed by atoms with E-state index in [9.17, 15) is 4.39 Å². The van der Waals surface area contributed by atoms with Crippen molar-refractivity contribution in [3.63, 3.8) is 0 Å². The van der Waals surface area contributed by atoms with Crippen LogP contribution in [0.2, 0.25) is 0 Å². The topological polar surface area (TPSA) is 58.0 Å². The molecule has 1 saturated carbocycles. The fourth-order valence-electron chi connectivity index (χ4n) is 4.04. The van der Waals surface area contributed by atoms with Gasteiger partial charge in [-0.1, -0.05) is 6.07 Å². The molecule has 29 heavy (non-hydrogen) atoms. The smallest absolute Gasteiger partial charge is 0.197 e. The second-order valence-corrected chi connectivity index (χ2v) is 7.86. The Kier molecular flexibility index (Phi) is 4.67. The van der Waals surface area contributed by atoms with Crippen LogP contribution in [0.3, 0.4) is 0 Å². The van der Waals surface area contributed by atoms with E-state index in [1.807, 2.05) is 24.5 Å². The van der Waals surface area contributed by atoms with Gasteiger partial charge in [-0.25, -0.2) is 24.3 Å². The van der Waals surface area contributed by atoms with Gasteiger partial charge in [0.1, 0.15) is 5.82 Å². The molecule has 148 valence electrons. The van der Waals surface area contributed by atoms with Crippen molar-refractivity contribution in [1.29, 1.82) is 0 Å². The van der Waals surface area contributed by atoms with Gasteiger partial charge >= 0.3 is 0 Å². The van der Waals surface area contributed by atoms with Gasteiger partial charge in [-0.05, 0) is 54.6 Å². The van der Waals surface area contributed by atoms with Crippen LogP contribution in [0.25, 0.3) is 11.6 Å². The Morgan fingerprint density at radius 2 is 1.52 bits per heavy atom. The molecule has 1 saturated heterocycles. The Morgan fingerprint density at radius 1 is 0.862 bits per heavy atom. The van der Waals surface area contributed by atoms with Crippen molar-refractivity contribution in [1.82, 2.24) is 24.8 Å². The number of anilines is 1. The molecule has 1 aliphatic carbocycles. The molecule has 5 rings (SSSR count). The maximum atomic E-state index is 14.5. The van der Waals surface area contributed by atoms with Crippen LogP contribution >= 0.6 is 0 Å². The van der Waals surface area contributed by atoms with Crippen LogP contribution in [0.15, 0.2) is 49.1 Å². The molecular weight excluding hydrogens is 367 g/mol. The van der Waals surface area contributed by atoms with Crippen molar-refractivity contribution >= 4 is 5.69 Å². The molecule has 1 aliphatic heterocycles. The van der Waals surface area contributed by atoms with Crippen LogP contribution in [-0.2, 0) is 0 Å². The number of aromatic nitrogens is 4. The van der Waals surface area contributed by atoms with Crippen LogP contribution in [0.4, 0.5) is 10.1 Å². The van der Waals surface area contributed by atoms with E-state index in [0.717, 1.165) is 43.9 Å². The van der Waals surface area contributed by atoms with Crippen molar-refractivity contribution in [2.75, 3.05) is 38.1 Å². The summed E-state index contributed by atoms with van der Waals surface area (Å²) in [6, 6.07) is 7.35. The molecule has 2 aliphatic rings. The summed E-state index contributed by atoms with van der Waals surface area (Å²) in [6.07, 6.45) is 8.15. The zero-order valence-electron chi connectivity index (χ0n) is 16.4. The van der Waals surface area contributed by atoms with Crippen molar-refractivity contribution in [2.24, 2.45) is 0 Å². The standard InChI is InChI=1S/C22H23FN6/c1-28-7-9-29(10-8-28)20-11-15(3-4-19(20)23)17-12-18(17)16-13-26-22(27-14-16)21-24-5-2-6-25-21/h2-6,11,13-14,17-18H,7-10,12H2,1H3. The summed E-state index contributed by atoms with van der Waals surface area (Å²) >= 11 is 0. The number of likely N-dealkylation sites (N-methyl/N-ethyl adjacent to an activating group) is 1. The lowest BCUT2D eigenvalue weighted by Gasteiger charge is -2.34. The molecule has 2 fully saturated rings. The van der Waals surface area contributed by atoms with E-state index in [0.29, 0.717) is 23.5 Å². The normalized spacial score (nSPS) is 21.9. The molecule has 0 bridgehead atoms. The highest BCUT2D eigenvalue weighted by Gasteiger charge is 2.40. The average molecular weight is 390 g/mol. The first kappa shape index (κ1) is 18.1. The molecule has 2 atom stereocenters. The number of rotatable bonds is 4. The quantitative estimate of drug-likeness (QED) is 0.682. The van der Waals surface area contributed by atoms with Gasteiger partial charge in [-0.3, -0.25) is 0 Å². The van der Waals surface area contributed by atoms with Crippen LogP contribution in [0.1, 0.15) is 29.4 Å². The zero-order chi connectivity index (χ0) is 19.8. The lowest BCUT2D eigenvalue weighted by Crippen LogP contribution is -2.44. The van der Waals surface area contributed by atoms with Crippen molar-refractivity contribution < 1.29 is 4.39 Å². The van der Waals surface area contributed by atoms with Gasteiger partial charge in [0, 0.05) is 51.0 Å². The number of hydrogen-bond acceptors (Lipinski definition) is 6. The summed E-state index contributed by atoms with van der Waals surface area (Å²) in [7, 11) is 2.11. The molecule has 0 spiro atoms. The Labute approximate surface area is 169 Å². The Bertz CT molecular complexity index is 986. The summed E-state index contributed by atoms with van der Waals surface area (Å²) < 4.78 is 14.5. The second kappa shape index (κ2) is 7.48. The van der Waals surface area contributed by atoms with E-state index < -0.39 is 0 Å². The maximum absolute atomic E-state index is 14.5. The van der Waals surface area contributed by atoms with Crippen molar-refractivity contribution in [2.45, 2.75) is 18.3 Å². The minimum atomic E-state index is -0.133. The average Bonchev–Trinajstić information content (AvgIpc) is 3.57. The molecule has 0 N–H and O–H groups in total. The van der Waals surface area contributed by atoms with E-state index in [-0.39, 0.29) is 5.82 Å². The Balaban J connectivity index is 1.32. The predicted octanol–water partition coefficient (Wildman–Crippen LogP) is 3.10. The highest BCUT2D eigenvalue weighted by atomic mass is 19.1. The SMILES string of the molecule is CN1CCN(c2cc(C3CC3c3cnc(-c4ncccn4)nc3)ccc2F)CC1. The lowest BCUT2D eigenvalue weighted by molar-refractivity contribution is 0.311.